The lowest BCUT2D eigenvalue weighted by atomic mass is 10.1. The van der Waals surface area contributed by atoms with Crippen molar-refractivity contribution in [3.8, 4) is 0 Å². The van der Waals surface area contributed by atoms with E-state index in [2.05, 4.69) is 14.8 Å². The average molecular weight is 413 g/mol. The Bertz CT molecular complexity index is 815. The zero-order valence-electron chi connectivity index (χ0n) is 16.0. The molecule has 2 aliphatic carbocycles. The third kappa shape index (κ3) is 4.18. The van der Waals surface area contributed by atoms with Crippen molar-refractivity contribution >= 4 is 27.5 Å². The molecule has 1 aromatic heterocycles. The molecule has 2 atom stereocenters. The maximum absolute atomic E-state index is 13.0. The van der Waals surface area contributed by atoms with Crippen LogP contribution in [-0.2, 0) is 14.6 Å². The Labute approximate surface area is 165 Å². The van der Waals surface area contributed by atoms with Crippen LogP contribution in [0.4, 0.5) is 0 Å². The number of carbonyl (C=O) groups is 1. The van der Waals surface area contributed by atoms with E-state index in [0.29, 0.717) is 18.4 Å². The van der Waals surface area contributed by atoms with Crippen molar-refractivity contribution in [3.05, 3.63) is 5.82 Å². The van der Waals surface area contributed by atoms with E-state index in [9.17, 15) is 13.2 Å². The lowest BCUT2D eigenvalue weighted by Crippen LogP contribution is -2.47. The molecule has 0 unspecified atom stereocenters. The van der Waals surface area contributed by atoms with Gasteiger partial charge in [-0.05, 0) is 45.4 Å². The van der Waals surface area contributed by atoms with E-state index >= 15 is 0 Å². The van der Waals surface area contributed by atoms with Crippen molar-refractivity contribution in [3.63, 3.8) is 0 Å². The summed E-state index contributed by atoms with van der Waals surface area (Å²) in [5.74, 6) is 2.21. The molecule has 2 saturated carbocycles. The monoisotopic (exact) mass is 412 g/mol. The molecule has 0 N–H and O–H groups in total. The van der Waals surface area contributed by atoms with Crippen LogP contribution in [-0.4, -0.2) is 63.3 Å². The largest absolute Gasteiger partial charge is 0.335 e. The minimum Gasteiger partial charge on any atom is -0.335 e. The van der Waals surface area contributed by atoms with Crippen LogP contribution in [0.3, 0.4) is 0 Å². The molecule has 3 aliphatic rings. The fraction of sp³-hybridized carbons (Fsp3) is 0.833. The van der Waals surface area contributed by atoms with E-state index in [1.54, 1.807) is 0 Å². The third-order valence-corrected chi connectivity index (χ3v) is 8.50. The van der Waals surface area contributed by atoms with Gasteiger partial charge in [-0.25, -0.2) is 8.42 Å². The lowest BCUT2D eigenvalue weighted by Gasteiger charge is -2.33. The van der Waals surface area contributed by atoms with Gasteiger partial charge in [0.25, 0.3) is 0 Å². The summed E-state index contributed by atoms with van der Waals surface area (Å²) < 4.78 is 26.0. The number of aromatic nitrogens is 3. The lowest BCUT2D eigenvalue weighted by molar-refractivity contribution is -0.132. The molecular formula is C18H28N4O3S2. The smallest absolute Gasteiger partial charge is 0.233 e. The SMILES string of the molecule is CC[C@H](C)N(C(=O)CSc1nnc(C2CC2)n1C1CC1)[C@@H]1CCS(=O)(=O)C1. The standard InChI is InChI=1S/C18H28N4O3S2/c1-3-12(2)21(15-8-9-27(24,25)11-15)16(23)10-26-18-20-19-17(13-4-5-13)22(18)14-6-7-14/h12-15H,3-11H2,1-2H3/t12-,15+/m0/s1. The minimum atomic E-state index is -3.02. The van der Waals surface area contributed by atoms with E-state index < -0.39 is 9.84 Å². The summed E-state index contributed by atoms with van der Waals surface area (Å²) in [7, 11) is -3.02. The number of sulfone groups is 1. The zero-order valence-corrected chi connectivity index (χ0v) is 17.6. The molecule has 3 fully saturated rings. The predicted octanol–water partition coefficient (Wildman–Crippen LogP) is 2.40. The zero-order chi connectivity index (χ0) is 19.2. The second-order valence-electron chi connectivity index (χ2n) is 8.12. The molecule has 27 heavy (non-hydrogen) atoms. The maximum atomic E-state index is 13.0. The van der Waals surface area contributed by atoms with Crippen LogP contribution in [0.15, 0.2) is 5.16 Å². The van der Waals surface area contributed by atoms with Gasteiger partial charge in [0.2, 0.25) is 5.91 Å². The van der Waals surface area contributed by atoms with Gasteiger partial charge in [-0.2, -0.15) is 0 Å². The van der Waals surface area contributed by atoms with E-state index in [0.717, 1.165) is 30.2 Å². The first-order valence-corrected chi connectivity index (χ1v) is 12.8. The highest BCUT2D eigenvalue weighted by Gasteiger charge is 2.38. The van der Waals surface area contributed by atoms with Crippen LogP contribution in [0, 0.1) is 0 Å². The summed E-state index contributed by atoms with van der Waals surface area (Å²) in [5.41, 5.74) is 0. The summed E-state index contributed by atoms with van der Waals surface area (Å²) in [6, 6.07) is 0.347. The van der Waals surface area contributed by atoms with Gasteiger partial charge in [-0.1, -0.05) is 18.7 Å². The van der Waals surface area contributed by atoms with Gasteiger partial charge in [-0.15, -0.1) is 10.2 Å². The van der Waals surface area contributed by atoms with Crippen molar-refractivity contribution in [2.75, 3.05) is 17.3 Å². The first kappa shape index (κ1) is 19.2. The Kier molecular flexibility index (Phi) is 5.26. The Morgan fingerprint density at radius 3 is 2.56 bits per heavy atom. The van der Waals surface area contributed by atoms with E-state index in [-0.39, 0.29) is 35.2 Å². The summed E-state index contributed by atoms with van der Waals surface area (Å²) in [6.07, 6.45) is 6.07. The molecule has 4 rings (SSSR count). The summed E-state index contributed by atoms with van der Waals surface area (Å²) in [5, 5.41) is 9.61. The van der Waals surface area contributed by atoms with Crippen LogP contribution in [0.2, 0.25) is 0 Å². The van der Waals surface area contributed by atoms with Crippen molar-refractivity contribution in [1.29, 1.82) is 0 Å². The topological polar surface area (TPSA) is 85.2 Å². The quantitative estimate of drug-likeness (QED) is 0.610. The number of thioether (sulfide) groups is 1. The fourth-order valence-electron chi connectivity index (χ4n) is 3.88. The van der Waals surface area contributed by atoms with E-state index in [1.807, 2.05) is 18.7 Å². The normalized spacial score (nSPS) is 25.5. The molecule has 1 saturated heterocycles. The van der Waals surface area contributed by atoms with Gasteiger partial charge >= 0.3 is 0 Å². The Morgan fingerprint density at radius 1 is 1.26 bits per heavy atom. The van der Waals surface area contributed by atoms with Gasteiger partial charge < -0.3 is 9.47 Å². The minimum absolute atomic E-state index is 0.00905. The van der Waals surface area contributed by atoms with Crippen molar-refractivity contribution in [2.45, 2.75) is 81.6 Å². The average Bonchev–Trinajstić information content (AvgIpc) is 3.56. The number of carbonyl (C=O) groups excluding carboxylic acids is 1. The highest BCUT2D eigenvalue weighted by Crippen LogP contribution is 2.46. The van der Waals surface area contributed by atoms with Gasteiger partial charge in [-0.3, -0.25) is 4.79 Å². The third-order valence-electron chi connectivity index (χ3n) is 5.83. The molecule has 1 aromatic rings. The first-order chi connectivity index (χ1) is 12.9. The summed E-state index contributed by atoms with van der Waals surface area (Å²) in [4.78, 5) is 14.8. The molecule has 9 heteroatoms. The Morgan fingerprint density at radius 2 is 2.00 bits per heavy atom. The number of amides is 1. The van der Waals surface area contributed by atoms with Crippen molar-refractivity contribution in [2.24, 2.45) is 0 Å². The van der Waals surface area contributed by atoms with Crippen LogP contribution < -0.4 is 0 Å². The van der Waals surface area contributed by atoms with Crippen LogP contribution in [0.1, 0.15) is 70.2 Å². The Balaban J connectivity index is 1.46. The van der Waals surface area contributed by atoms with Gasteiger partial charge in [0.15, 0.2) is 15.0 Å². The number of rotatable bonds is 8. The molecule has 0 spiro atoms. The molecule has 7 nitrogen and oxygen atoms in total. The van der Waals surface area contributed by atoms with Gasteiger partial charge in [0.1, 0.15) is 5.82 Å². The molecule has 0 aromatic carbocycles. The molecule has 0 radical (unpaired) electrons. The highest BCUT2D eigenvalue weighted by molar-refractivity contribution is 7.99. The molecular weight excluding hydrogens is 384 g/mol. The molecule has 0 bridgehead atoms. The molecule has 1 amide bonds. The second-order valence-corrected chi connectivity index (χ2v) is 11.3. The number of hydrogen-bond donors (Lipinski definition) is 0. The first-order valence-electron chi connectivity index (χ1n) is 9.98. The van der Waals surface area contributed by atoms with Gasteiger partial charge in [0, 0.05) is 24.0 Å². The summed E-state index contributed by atoms with van der Waals surface area (Å²) in [6.45, 7) is 4.04. The van der Waals surface area contributed by atoms with Crippen molar-refractivity contribution < 1.29 is 13.2 Å². The highest BCUT2D eigenvalue weighted by atomic mass is 32.2. The Hall–Kier alpha value is -1.09. The van der Waals surface area contributed by atoms with Crippen LogP contribution in [0.25, 0.3) is 0 Å². The fourth-order valence-corrected chi connectivity index (χ4v) is 6.48. The molecule has 2 heterocycles. The van der Waals surface area contributed by atoms with Crippen molar-refractivity contribution in [1.82, 2.24) is 19.7 Å². The van der Waals surface area contributed by atoms with E-state index in [4.69, 9.17) is 0 Å². The number of hydrogen-bond acceptors (Lipinski definition) is 6. The maximum Gasteiger partial charge on any atom is 0.233 e. The van der Waals surface area contributed by atoms with Gasteiger partial charge in [0.05, 0.1) is 17.3 Å². The number of nitrogens with zero attached hydrogens (tertiary/aromatic N) is 4. The molecule has 1 aliphatic heterocycles. The van der Waals surface area contributed by atoms with E-state index in [1.165, 1.54) is 24.6 Å². The summed E-state index contributed by atoms with van der Waals surface area (Å²) >= 11 is 1.45. The molecule has 150 valence electrons. The van der Waals surface area contributed by atoms with Crippen LogP contribution >= 0.6 is 11.8 Å². The second kappa shape index (κ2) is 7.39. The van der Waals surface area contributed by atoms with Crippen LogP contribution in [0.5, 0.6) is 0 Å². The predicted molar refractivity (Wildman–Crippen MR) is 105 cm³/mol.